The highest BCUT2D eigenvalue weighted by atomic mass is 79.9. The van der Waals surface area contributed by atoms with E-state index in [2.05, 4.69) is 20.7 Å². The molecule has 2 aromatic carbocycles. The predicted octanol–water partition coefficient (Wildman–Crippen LogP) is 3.11. The summed E-state index contributed by atoms with van der Waals surface area (Å²) in [5, 5.41) is 0. The van der Waals surface area contributed by atoms with Crippen molar-refractivity contribution in [2.24, 2.45) is 0 Å². The molecule has 0 amide bonds. The molecule has 0 unspecified atom stereocenters. The van der Waals surface area contributed by atoms with Crippen LogP contribution in [0, 0.1) is 5.82 Å². The zero-order valence-corrected chi connectivity index (χ0v) is 12.7. The van der Waals surface area contributed by atoms with Gasteiger partial charge in [0.25, 0.3) is 0 Å². The maximum Gasteiger partial charge on any atom is 0.237 e. The van der Waals surface area contributed by atoms with Crippen LogP contribution in [0.4, 0.5) is 15.8 Å². The average Bonchev–Trinajstić information content (AvgIpc) is 2.32. The van der Waals surface area contributed by atoms with Gasteiger partial charge in [0, 0.05) is 10.2 Å². The molecule has 20 heavy (non-hydrogen) atoms. The molecule has 2 rings (SSSR count). The summed E-state index contributed by atoms with van der Waals surface area (Å²) in [6.07, 6.45) is 0. The van der Waals surface area contributed by atoms with Crippen LogP contribution >= 0.6 is 15.9 Å². The highest BCUT2D eigenvalue weighted by Gasteiger charge is 2.14. The van der Waals surface area contributed by atoms with Crippen molar-refractivity contribution in [3.8, 4) is 0 Å². The third-order valence-electron chi connectivity index (χ3n) is 2.50. The predicted molar refractivity (Wildman–Crippen MR) is 81.2 cm³/mol. The summed E-state index contributed by atoms with van der Waals surface area (Å²) in [5.74, 6) is -0.913. The van der Waals surface area contributed by atoms with Gasteiger partial charge in [0.15, 0.2) is 0 Å². The lowest BCUT2D eigenvalue weighted by molar-refractivity contribution is 0.597. The summed E-state index contributed by atoms with van der Waals surface area (Å²) in [4.78, 5) is 0. The van der Waals surface area contributed by atoms with Crippen LogP contribution in [0.2, 0.25) is 0 Å². The van der Waals surface area contributed by atoms with Crippen molar-refractivity contribution in [3.05, 3.63) is 58.3 Å². The van der Waals surface area contributed by atoms with E-state index in [0.717, 1.165) is 0 Å². The highest BCUT2D eigenvalue weighted by Crippen LogP contribution is 2.21. The van der Waals surface area contributed by atoms with E-state index in [0.29, 0.717) is 15.7 Å². The van der Waals surface area contributed by atoms with Gasteiger partial charge in [-0.3, -0.25) is 4.72 Å². The minimum absolute atomic E-state index is 0.0860. The number of benzene rings is 2. The second-order valence-electron chi connectivity index (χ2n) is 4.23. The fraction of sp³-hybridized carbons (Fsp3) is 0.0769. The van der Waals surface area contributed by atoms with Crippen molar-refractivity contribution >= 4 is 37.3 Å². The topological polar surface area (TPSA) is 72.2 Å². The normalized spacial score (nSPS) is 11.3. The molecule has 7 heteroatoms. The average molecular weight is 359 g/mol. The quantitative estimate of drug-likeness (QED) is 0.824. The molecule has 0 aromatic heterocycles. The van der Waals surface area contributed by atoms with Crippen LogP contribution in [-0.4, -0.2) is 8.42 Å². The molecule has 0 atom stereocenters. The molecule has 0 heterocycles. The van der Waals surface area contributed by atoms with E-state index in [1.54, 1.807) is 30.3 Å². The summed E-state index contributed by atoms with van der Waals surface area (Å²) in [6.45, 7) is 0. The number of hydrogen-bond acceptors (Lipinski definition) is 3. The molecule has 2 aromatic rings. The smallest absolute Gasteiger partial charge is 0.237 e. The minimum atomic E-state index is -3.70. The number of halogens is 2. The number of sulfonamides is 1. The second kappa shape index (κ2) is 5.80. The van der Waals surface area contributed by atoms with Crippen molar-refractivity contribution < 1.29 is 12.8 Å². The summed E-state index contributed by atoms with van der Waals surface area (Å²) >= 11 is 3.11. The lowest BCUT2D eigenvalue weighted by Gasteiger charge is -2.09. The van der Waals surface area contributed by atoms with Crippen LogP contribution < -0.4 is 10.5 Å². The molecule has 0 spiro atoms. The molecular formula is C13H12BrFN2O2S. The van der Waals surface area contributed by atoms with Gasteiger partial charge in [0.2, 0.25) is 10.0 Å². The van der Waals surface area contributed by atoms with Gasteiger partial charge in [0.1, 0.15) is 5.82 Å². The number of nitrogen functional groups attached to an aromatic ring is 1. The molecule has 0 aliphatic carbocycles. The molecule has 0 saturated carbocycles. The van der Waals surface area contributed by atoms with Gasteiger partial charge in [-0.1, -0.05) is 28.1 Å². The molecule has 0 bridgehead atoms. The number of rotatable bonds is 4. The Morgan fingerprint density at radius 2 is 1.95 bits per heavy atom. The largest absolute Gasteiger partial charge is 0.399 e. The van der Waals surface area contributed by atoms with Crippen LogP contribution in [-0.2, 0) is 15.8 Å². The fourth-order valence-electron chi connectivity index (χ4n) is 1.68. The lowest BCUT2D eigenvalue weighted by atomic mass is 10.2. The zero-order valence-electron chi connectivity index (χ0n) is 10.3. The Morgan fingerprint density at radius 3 is 2.60 bits per heavy atom. The standard InChI is InChI=1S/C13H12BrFN2O2S/c14-10-4-5-13(12(15)7-10)17-20(18,19)8-9-2-1-3-11(16)6-9/h1-7,17H,8,16H2. The van der Waals surface area contributed by atoms with Crippen molar-refractivity contribution in [2.75, 3.05) is 10.5 Å². The molecule has 0 aliphatic heterocycles. The van der Waals surface area contributed by atoms with Gasteiger partial charge < -0.3 is 5.73 Å². The Hall–Kier alpha value is -1.60. The first-order valence-corrected chi connectivity index (χ1v) is 8.10. The van der Waals surface area contributed by atoms with Crippen LogP contribution in [0.3, 0.4) is 0 Å². The van der Waals surface area contributed by atoms with Gasteiger partial charge >= 0.3 is 0 Å². The maximum atomic E-state index is 13.6. The molecule has 0 radical (unpaired) electrons. The van der Waals surface area contributed by atoms with Gasteiger partial charge in [-0.15, -0.1) is 0 Å². The Bertz CT molecular complexity index is 735. The monoisotopic (exact) mass is 358 g/mol. The summed E-state index contributed by atoms with van der Waals surface area (Å²) < 4.78 is 40.3. The van der Waals surface area contributed by atoms with Crippen molar-refractivity contribution in [2.45, 2.75) is 5.75 Å². The first-order chi connectivity index (χ1) is 9.35. The summed E-state index contributed by atoms with van der Waals surface area (Å²) in [5.41, 5.74) is 6.52. The zero-order chi connectivity index (χ0) is 14.8. The van der Waals surface area contributed by atoms with Gasteiger partial charge in [-0.2, -0.15) is 0 Å². The van der Waals surface area contributed by atoms with Crippen LogP contribution in [0.1, 0.15) is 5.56 Å². The van der Waals surface area contributed by atoms with E-state index in [-0.39, 0.29) is 11.4 Å². The molecular weight excluding hydrogens is 347 g/mol. The number of hydrogen-bond donors (Lipinski definition) is 2. The Labute approximate surface area is 125 Å². The summed E-state index contributed by atoms with van der Waals surface area (Å²) in [6, 6.07) is 10.7. The van der Waals surface area contributed by atoms with Gasteiger partial charge in [-0.25, -0.2) is 12.8 Å². The molecule has 4 nitrogen and oxygen atoms in total. The van der Waals surface area contributed by atoms with Crippen LogP contribution in [0.15, 0.2) is 46.9 Å². The van der Waals surface area contributed by atoms with E-state index in [4.69, 9.17) is 5.73 Å². The third kappa shape index (κ3) is 3.94. The SMILES string of the molecule is Nc1cccc(CS(=O)(=O)Nc2ccc(Br)cc2F)c1. The van der Waals surface area contributed by atoms with E-state index in [1.807, 2.05) is 0 Å². The minimum Gasteiger partial charge on any atom is -0.399 e. The highest BCUT2D eigenvalue weighted by molar-refractivity contribution is 9.10. The first kappa shape index (κ1) is 14.8. The lowest BCUT2D eigenvalue weighted by Crippen LogP contribution is -2.16. The first-order valence-electron chi connectivity index (χ1n) is 5.66. The molecule has 106 valence electrons. The van der Waals surface area contributed by atoms with Crippen molar-refractivity contribution in [1.82, 2.24) is 0 Å². The van der Waals surface area contributed by atoms with Crippen molar-refractivity contribution in [3.63, 3.8) is 0 Å². The van der Waals surface area contributed by atoms with Gasteiger partial charge in [0.05, 0.1) is 11.4 Å². The van der Waals surface area contributed by atoms with E-state index < -0.39 is 15.8 Å². The molecule has 0 saturated heterocycles. The maximum absolute atomic E-state index is 13.6. The van der Waals surface area contributed by atoms with Crippen LogP contribution in [0.25, 0.3) is 0 Å². The molecule has 0 fully saturated rings. The van der Waals surface area contributed by atoms with E-state index >= 15 is 0 Å². The Balaban J connectivity index is 2.19. The number of nitrogens with two attached hydrogens (primary N) is 1. The number of nitrogens with one attached hydrogen (secondary N) is 1. The fourth-order valence-corrected chi connectivity index (χ4v) is 3.20. The third-order valence-corrected chi connectivity index (χ3v) is 4.24. The molecule has 0 aliphatic rings. The van der Waals surface area contributed by atoms with E-state index in [1.165, 1.54) is 12.1 Å². The number of anilines is 2. The van der Waals surface area contributed by atoms with E-state index in [9.17, 15) is 12.8 Å². The second-order valence-corrected chi connectivity index (χ2v) is 6.87. The van der Waals surface area contributed by atoms with Crippen LogP contribution in [0.5, 0.6) is 0 Å². The van der Waals surface area contributed by atoms with Crippen molar-refractivity contribution in [1.29, 1.82) is 0 Å². The Kier molecular flexibility index (Phi) is 4.29. The van der Waals surface area contributed by atoms with Gasteiger partial charge in [-0.05, 0) is 35.9 Å². The summed E-state index contributed by atoms with van der Waals surface area (Å²) in [7, 11) is -3.70. The molecule has 3 N–H and O–H groups in total. The Morgan fingerprint density at radius 1 is 1.20 bits per heavy atom.